The Hall–Kier alpha value is -3.42. The lowest BCUT2D eigenvalue weighted by molar-refractivity contribution is -0.151. The third kappa shape index (κ3) is 3.60. The second kappa shape index (κ2) is 8.52. The Morgan fingerprint density at radius 2 is 1.97 bits per heavy atom. The highest BCUT2D eigenvalue weighted by Gasteiger charge is 2.53. The molecule has 2 aliphatic rings. The standard InChI is InChI=1S/C21H18N4O4S/c1-28-15-9-7-13(8-10-15)11-29-21(27)18-16(14-5-3-2-4-6-14)12-30-20-17(23-24-22)19(26)25(18)20/h2-10,17,20H,11-12H2,1H3/t17-,20-/m0/s1. The lowest BCUT2D eigenvalue weighted by Gasteiger charge is -2.48. The molecule has 2 atom stereocenters. The van der Waals surface area contributed by atoms with Crippen molar-refractivity contribution in [3.8, 4) is 5.75 Å². The molecule has 2 aromatic carbocycles. The number of amides is 1. The van der Waals surface area contributed by atoms with Crippen LogP contribution in [-0.4, -0.2) is 41.1 Å². The molecule has 0 aliphatic carbocycles. The second-order valence-corrected chi connectivity index (χ2v) is 7.78. The van der Waals surface area contributed by atoms with E-state index in [0.717, 1.165) is 16.7 Å². The first-order chi connectivity index (χ1) is 14.6. The molecule has 2 aliphatic heterocycles. The number of β-lactam (4-membered cyclic amide) rings is 1. The number of azide groups is 1. The van der Waals surface area contributed by atoms with E-state index in [1.165, 1.54) is 16.7 Å². The number of ether oxygens (including phenoxy) is 2. The summed E-state index contributed by atoms with van der Waals surface area (Å²) in [7, 11) is 1.58. The van der Waals surface area contributed by atoms with Gasteiger partial charge in [-0.15, -0.1) is 11.8 Å². The zero-order chi connectivity index (χ0) is 21.1. The lowest BCUT2D eigenvalue weighted by Crippen LogP contribution is -2.63. The maximum Gasteiger partial charge on any atom is 0.355 e. The van der Waals surface area contributed by atoms with E-state index in [0.29, 0.717) is 11.5 Å². The van der Waals surface area contributed by atoms with E-state index < -0.39 is 23.3 Å². The summed E-state index contributed by atoms with van der Waals surface area (Å²) in [5, 5.41) is 3.18. The van der Waals surface area contributed by atoms with Gasteiger partial charge in [-0.05, 0) is 28.8 Å². The van der Waals surface area contributed by atoms with E-state index in [9.17, 15) is 9.59 Å². The maximum atomic E-state index is 13.1. The fourth-order valence-corrected chi connectivity index (χ4v) is 4.77. The van der Waals surface area contributed by atoms with Gasteiger partial charge in [0.25, 0.3) is 0 Å². The molecule has 0 unspecified atom stereocenters. The molecule has 0 N–H and O–H groups in total. The van der Waals surface area contributed by atoms with Crippen molar-refractivity contribution in [2.45, 2.75) is 18.0 Å². The van der Waals surface area contributed by atoms with Crippen molar-refractivity contribution in [2.75, 3.05) is 12.9 Å². The summed E-state index contributed by atoms with van der Waals surface area (Å²) in [4.78, 5) is 29.8. The number of rotatable bonds is 6. The van der Waals surface area contributed by atoms with Crippen LogP contribution < -0.4 is 4.74 Å². The number of fused-ring (bicyclic) bond motifs is 1. The fraction of sp³-hybridized carbons (Fsp3) is 0.238. The van der Waals surface area contributed by atoms with Crippen molar-refractivity contribution in [3.05, 3.63) is 81.9 Å². The van der Waals surface area contributed by atoms with Gasteiger partial charge in [-0.2, -0.15) is 0 Å². The van der Waals surface area contributed by atoms with Crippen LogP contribution in [0.1, 0.15) is 11.1 Å². The van der Waals surface area contributed by atoms with E-state index in [-0.39, 0.29) is 12.3 Å². The summed E-state index contributed by atoms with van der Waals surface area (Å²) in [6.07, 6.45) is 0. The van der Waals surface area contributed by atoms with Crippen molar-refractivity contribution in [2.24, 2.45) is 5.11 Å². The predicted octanol–water partition coefficient (Wildman–Crippen LogP) is 3.74. The van der Waals surface area contributed by atoms with Crippen molar-refractivity contribution in [1.82, 2.24) is 4.90 Å². The van der Waals surface area contributed by atoms with E-state index in [1.54, 1.807) is 19.2 Å². The highest BCUT2D eigenvalue weighted by Crippen LogP contribution is 2.44. The summed E-state index contributed by atoms with van der Waals surface area (Å²) < 4.78 is 10.7. The maximum absolute atomic E-state index is 13.1. The van der Waals surface area contributed by atoms with E-state index in [4.69, 9.17) is 15.0 Å². The highest BCUT2D eigenvalue weighted by atomic mass is 32.2. The number of methoxy groups -OCH3 is 1. The molecule has 1 saturated heterocycles. The topological polar surface area (TPSA) is 105 Å². The minimum Gasteiger partial charge on any atom is -0.497 e. The first kappa shape index (κ1) is 19.9. The van der Waals surface area contributed by atoms with Crippen molar-refractivity contribution >= 4 is 29.2 Å². The van der Waals surface area contributed by atoms with Gasteiger partial charge in [0.15, 0.2) is 0 Å². The normalized spacial score (nSPS) is 20.0. The van der Waals surface area contributed by atoms with Gasteiger partial charge < -0.3 is 9.47 Å². The molecule has 2 heterocycles. The first-order valence-electron chi connectivity index (χ1n) is 9.21. The number of carbonyl (C=O) groups is 2. The van der Waals surface area contributed by atoms with Gasteiger partial charge in [0, 0.05) is 16.2 Å². The van der Waals surface area contributed by atoms with Crippen LogP contribution in [-0.2, 0) is 20.9 Å². The number of esters is 1. The Morgan fingerprint density at radius 1 is 1.23 bits per heavy atom. The van der Waals surface area contributed by atoms with Gasteiger partial charge in [0.2, 0.25) is 5.91 Å². The van der Waals surface area contributed by atoms with Crippen molar-refractivity contribution in [3.63, 3.8) is 0 Å². The largest absolute Gasteiger partial charge is 0.497 e. The molecular weight excluding hydrogens is 404 g/mol. The molecule has 152 valence electrons. The average molecular weight is 422 g/mol. The number of hydrogen-bond acceptors (Lipinski definition) is 6. The third-order valence-electron chi connectivity index (χ3n) is 4.96. The van der Waals surface area contributed by atoms with Crippen LogP contribution in [0.5, 0.6) is 5.75 Å². The molecule has 9 heteroatoms. The Bertz CT molecular complexity index is 1050. The molecule has 0 radical (unpaired) electrons. The van der Waals surface area contributed by atoms with Crippen molar-refractivity contribution < 1.29 is 19.1 Å². The molecule has 8 nitrogen and oxygen atoms in total. The summed E-state index contributed by atoms with van der Waals surface area (Å²) in [6, 6.07) is 15.8. The molecule has 1 fully saturated rings. The SMILES string of the molecule is COc1ccc(COC(=O)C2=C(c3ccccc3)CS[C@H]3[C@@H](N=[N+]=[N-])C(=O)N23)cc1. The van der Waals surface area contributed by atoms with Crippen LogP contribution in [0.4, 0.5) is 0 Å². The van der Waals surface area contributed by atoms with E-state index in [1.807, 2.05) is 42.5 Å². The summed E-state index contributed by atoms with van der Waals surface area (Å²) in [5.74, 6) is 0.238. The molecule has 0 saturated carbocycles. The molecule has 4 rings (SSSR count). The van der Waals surface area contributed by atoms with Crippen LogP contribution in [0.3, 0.4) is 0 Å². The number of thioether (sulfide) groups is 1. The lowest BCUT2D eigenvalue weighted by atomic mass is 9.99. The monoisotopic (exact) mass is 422 g/mol. The molecule has 2 aromatic rings. The van der Waals surface area contributed by atoms with Crippen LogP contribution in [0.25, 0.3) is 16.0 Å². The number of hydrogen-bond donors (Lipinski definition) is 0. The van der Waals surface area contributed by atoms with Gasteiger partial charge in [-0.1, -0.05) is 47.6 Å². The molecular formula is C21H18N4O4S. The molecule has 1 amide bonds. The summed E-state index contributed by atoms with van der Waals surface area (Å²) >= 11 is 1.47. The van der Waals surface area contributed by atoms with Gasteiger partial charge >= 0.3 is 5.97 Å². The van der Waals surface area contributed by atoms with Crippen LogP contribution in [0, 0.1) is 0 Å². The number of benzene rings is 2. The van der Waals surface area contributed by atoms with Gasteiger partial charge in [-0.3, -0.25) is 9.69 Å². The minimum atomic E-state index is -0.804. The van der Waals surface area contributed by atoms with E-state index in [2.05, 4.69) is 10.0 Å². The van der Waals surface area contributed by atoms with Gasteiger partial charge in [0.05, 0.1) is 7.11 Å². The minimum absolute atomic E-state index is 0.0635. The molecule has 0 spiro atoms. The predicted molar refractivity (Wildman–Crippen MR) is 112 cm³/mol. The Labute approximate surface area is 177 Å². The molecule has 0 aromatic heterocycles. The Kier molecular flexibility index (Phi) is 5.65. The smallest absolute Gasteiger partial charge is 0.355 e. The first-order valence-corrected chi connectivity index (χ1v) is 10.3. The van der Waals surface area contributed by atoms with Crippen LogP contribution >= 0.6 is 11.8 Å². The average Bonchev–Trinajstić information content (AvgIpc) is 2.80. The molecule has 0 bridgehead atoms. The molecule has 30 heavy (non-hydrogen) atoms. The third-order valence-corrected chi connectivity index (χ3v) is 6.23. The number of carbonyl (C=O) groups excluding carboxylic acids is 2. The van der Waals surface area contributed by atoms with Crippen LogP contribution in [0.15, 0.2) is 65.4 Å². The quantitative estimate of drug-likeness (QED) is 0.232. The fourth-order valence-electron chi connectivity index (χ4n) is 3.42. The van der Waals surface area contributed by atoms with Gasteiger partial charge in [-0.25, -0.2) is 4.79 Å². The van der Waals surface area contributed by atoms with E-state index >= 15 is 0 Å². The van der Waals surface area contributed by atoms with Crippen LogP contribution in [0.2, 0.25) is 0 Å². The Morgan fingerprint density at radius 3 is 2.63 bits per heavy atom. The highest BCUT2D eigenvalue weighted by molar-refractivity contribution is 8.00. The zero-order valence-electron chi connectivity index (χ0n) is 16.1. The zero-order valence-corrected chi connectivity index (χ0v) is 16.9. The Balaban J connectivity index is 1.62. The summed E-state index contributed by atoms with van der Waals surface area (Å²) in [5.41, 5.74) is 11.3. The number of nitrogens with zero attached hydrogens (tertiary/aromatic N) is 4. The van der Waals surface area contributed by atoms with Crippen molar-refractivity contribution in [1.29, 1.82) is 0 Å². The van der Waals surface area contributed by atoms with Gasteiger partial charge in [0.1, 0.15) is 29.5 Å². The second-order valence-electron chi connectivity index (χ2n) is 6.68. The summed E-state index contributed by atoms with van der Waals surface area (Å²) in [6.45, 7) is 0.0635.